The minimum atomic E-state index is 0.416. The predicted molar refractivity (Wildman–Crippen MR) is 131 cm³/mol. The Morgan fingerprint density at radius 3 is 1.74 bits per heavy atom. The van der Waals surface area contributed by atoms with E-state index in [9.17, 15) is 0 Å². The number of hydrogen-bond acceptors (Lipinski definition) is 8. The molecule has 3 rings (SSSR count). The number of pyridine rings is 1. The Morgan fingerprint density at radius 2 is 1.24 bits per heavy atom. The summed E-state index contributed by atoms with van der Waals surface area (Å²) in [6.45, 7) is 6.18. The lowest BCUT2D eigenvalue weighted by molar-refractivity contribution is 0.142. The lowest BCUT2D eigenvalue weighted by Crippen LogP contribution is -2.07. The molecule has 0 aliphatic carbocycles. The zero-order valence-corrected chi connectivity index (χ0v) is 20.7. The van der Waals surface area contributed by atoms with Gasteiger partial charge in [0.25, 0.3) is 0 Å². The molecule has 0 aliphatic heterocycles. The first-order valence-electron chi connectivity index (χ1n) is 11.1. The van der Waals surface area contributed by atoms with Crippen molar-refractivity contribution in [3.63, 3.8) is 0 Å². The van der Waals surface area contributed by atoms with Crippen LogP contribution in [0.15, 0.2) is 30.3 Å². The number of rotatable bonds is 13. The third-order valence-electron chi connectivity index (χ3n) is 5.19. The molecular formula is C26H33NO7. The number of hydrogen-bond donors (Lipinski definition) is 0. The Kier molecular flexibility index (Phi) is 9.18. The molecule has 0 N–H and O–H groups in total. The summed E-state index contributed by atoms with van der Waals surface area (Å²) in [5.41, 5.74) is 2.36. The van der Waals surface area contributed by atoms with Crippen molar-refractivity contribution in [1.82, 2.24) is 4.98 Å². The van der Waals surface area contributed by atoms with Crippen LogP contribution >= 0.6 is 0 Å². The molecule has 34 heavy (non-hydrogen) atoms. The number of aryl methyl sites for hydroxylation is 1. The second-order valence-corrected chi connectivity index (χ2v) is 7.44. The van der Waals surface area contributed by atoms with Gasteiger partial charge >= 0.3 is 0 Å². The second kappa shape index (κ2) is 12.3. The second-order valence-electron chi connectivity index (χ2n) is 7.44. The molecule has 0 radical (unpaired) electrons. The zero-order valence-electron chi connectivity index (χ0n) is 20.7. The van der Waals surface area contributed by atoms with Crippen LogP contribution in [0.4, 0.5) is 0 Å². The van der Waals surface area contributed by atoms with E-state index in [0.717, 1.165) is 27.7 Å². The van der Waals surface area contributed by atoms with E-state index in [1.54, 1.807) is 28.4 Å². The van der Waals surface area contributed by atoms with Crippen molar-refractivity contribution in [1.29, 1.82) is 0 Å². The summed E-state index contributed by atoms with van der Waals surface area (Å²) in [6.07, 6.45) is 0. The molecule has 0 spiro atoms. The molecule has 0 saturated carbocycles. The monoisotopic (exact) mass is 471 g/mol. The molecule has 0 fully saturated rings. The Morgan fingerprint density at radius 1 is 0.676 bits per heavy atom. The van der Waals surface area contributed by atoms with Gasteiger partial charge in [-0.2, -0.15) is 0 Å². The molecule has 0 unspecified atom stereocenters. The van der Waals surface area contributed by atoms with Crippen LogP contribution in [-0.2, 0) is 9.47 Å². The number of fused-ring (bicyclic) bond motifs is 1. The lowest BCUT2D eigenvalue weighted by atomic mass is 10.0. The van der Waals surface area contributed by atoms with Crippen LogP contribution in [-0.4, -0.2) is 66.5 Å². The fraction of sp³-hybridized carbons (Fsp3) is 0.423. The Hall–Kier alpha value is -3.23. The van der Waals surface area contributed by atoms with Gasteiger partial charge in [-0.05, 0) is 38.1 Å². The molecule has 0 aliphatic rings. The molecule has 1 heterocycles. The first kappa shape index (κ1) is 25.4. The summed E-state index contributed by atoms with van der Waals surface area (Å²) in [6, 6.07) is 9.57. The van der Waals surface area contributed by atoms with E-state index in [0.29, 0.717) is 61.8 Å². The first-order chi connectivity index (χ1) is 16.6. The topological polar surface area (TPSA) is 77.5 Å². The number of methoxy groups -OCH3 is 4. The number of nitrogens with zero attached hydrogens (tertiary/aromatic N) is 1. The largest absolute Gasteiger partial charge is 0.493 e. The summed E-state index contributed by atoms with van der Waals surface area (Å²) < 4.78 is 39.1. The molecule has 0 bridgehead atoms. The van der Waals surface area contributed by atoms with Gasteiger partial charge in [-0.3, -0.25) is 0 Å². The molecule has 1 aromatic heterocycles. The molecule has 0 atom stereocenters. The summed E-state index contributed by atoms with van der Waals surface area (Å²) in [5, 5.41) is 1.75. The van der Waals surface area contributed by atoms with Crippen LogP contribution in [0, 0.1) is 6.92 Å². The number of ether oxygens (including phenoxy) is 7. The van der Waals surface area contributed by atoms with Gasteiger partial charge in [0, 0.05) is 36.6 Å². The Bertz CT molecular complexity index is 1070. The maximum absolute atomic E-state index is 5.96. The van der Waals surface area contributed by atoms with E-state index >= 15 is 0 Å². The number of aromatic nitrogens is 1. The van der Waals surface area contributed by atoms with Gasteiger partial charge in [-0.15, -0.1) is 0 Å². The number of benzene rings is 2. The van der Waals surface area contributed by atoms with E-state index in [1.807, 2.05) is 44.2 Å². The molecule has 8 nitrogen and oxygen atoms in total. The molecule has 3 aromatic rings. The summed E-state index contributed by atoms with van der Waals surface area (Å²) in [5.74, 6) is 3.25. The van der Waals surface area contributed by atoms with Crippen LogP contribution in [0.25, 0.3) is 22.0 Å². The highest BCUT2D eigenvalue weighted by molar-refractivity contribution is 6.01. The van der Waals surface area contributed by atoms with Crippen LogP contribution in [0.3, 0.4) is 0 Å². The molecule has 2 aromatic carbocycles. The smallest absolute Gasteiger partial charge is 0.161 e. The van der Waals surface area contributed by atoms with Crippen molar-refractivity contribution >= 4 is 10.8 Å². The van der Waals surface area contributed by atoms with E-state index < -0.39 is 0 Å². The third-order valence-corrected chi connectivity index (χ3v) is 5.19. The highest BCUT2D eigenvalue weighted by Gasteiger charge is 2.19. The molecule has 184 valence electrons. The van der Waals surface area contributed by atoms with E-state index in [-0.39, 0.29) is 0 Å². The Labute approximate surface area is 200 Å². The minimum absolute atomic E-state index is 0.416. The fourth-order valence-electron chi connectivity index (χ4n) is 3.64. The maximum Gasteiger partial charge on any atom is 0.161 e. The summed E-state index contributed by atoms with van der Waals surface area (Å²) in [7, 11) is 6.50. The van der Waals surface area contributed by atoms with Gasteiger partial charge in [-0.25, -0.2) is 4.98 Å². The normalized spacial score (nSPS) is 10.9. The maximum atomic E-state index is 5.96. The minimum Gasteiger partial charge on any atom is -0.493 e. The van der Waals surface area contributed by atoms with Gasteiger partial charge in [0.1, 0.15) is 30.5 Å². The van der Waals surface area contributed by atoms with Crippen molar-refractivity contribution in [3.05, 3.63) is 36.0 Å². The standard InChI is InChI=1S/C26H33NO7/c1-7-32-26-17(2)27-25(21-15-23(30-5)24(31-6)16-22(21)26)18-12-19(33-10-8-28-3)14-20(13-18)34-11-9-29-4/h12-16H,7-11H2,1-6H3. The van der Waals surface area contributed by atoms with Crippen molar-refractivity contribution in [3.8, 4) is 40.0 Å². The lowest BCUT2D eigenvalue weighted by Gasteiger charge is -2.18. The van der Waals surface area contributed by atoms with Gasteiger partial charge in [0.2, 0.25) is 0 Å². The molecular weight excluding hydrogens is 438 g/mol. The van der Waals surface area contributed by atoms with Gasteiger partial charge in [-0.1, -0.05) is 0 Å². The van der Waals surface area contributed by atoms with Crippen LogP contribution in [0.5, 0.6) is 28.7 Å². The summed E-state index contributed by atoms with van der Waals surface area (Å²) >= 11 is 0. The SMILES string of the molecule is CCOc1c(C)nc(-c2cc(OCCOC)cc(OCCOC)c2)c2cc(OC)c(OC)cc12. The zero-order chi connectivity index (χ0) is 24.5. The van der Waals surface area contributed by atoms with Gasteiger partial charge in [0.15, 0.2) is 11.5 Å². The van der Waals surface area contributed by atoms with E-state index in [2.05, 4.69) is 0 Å². The van der Waals surface area contributed by atoms with Gasteiger partial charge in [0.05, 0.1) is 45.4 Å². The van der Waals surface area contributed by atoms with E-state index in [1.165, 1.54) is 0 Å². The Balaban J connectivity index is 2.21. The van der Waals surface area contributed by atoms with Crippen molar-refractivity contribution in [2.24, 2.45) is 0 Å². The van der Waals surface area contributed by atoms with Gasteiger partial charge < -0.3 is 33.2 Å². The molecule has 8 heteroatoms. The third kappa shape index (κ3) is 5.81. The predicted octanol–water partition coefficient (Wildman–Crippen LogP) is 4.68. The van der Waals surface area contributed by atoms with Crippen LogP contribution in [0.2, 0.25) is 0 Å². The van der Waals surface area contributed by atoms with Crippen molar-refractivity contribution in [2.45, 2.75) is 13.8 Å². The molecule has 0 saturated heterocycles. The molecule has 0 amide bonds. The average molecular weight is 472 g/mol. The average Bonchev–Trinajstić information content (AvgIpc) is 2.85. The quantitative estimate of drug-likeness (QED) is 0.333. The van der Waals surface area contributed by atoms with Crippen LogP contribution < -0.4 is 23.7 Å². The van der Waals surface area contributed by atoms with Crippen molar-refractivity contribution < 1.29 is 33.2 Å². The van der Waals surface area contributed by atoms with E-state index in [4.69, 9.17) is 38.1 Å². The van der Waals surface area contributed by atoms with Crippen molar-refractivity contribution in [2.75, 3.05) is 61.5 Å². The summed E-state index contributed by atoms with van der Waals surface area (Å²) in [4.78, 5) is 4.91. The van der Waals surface area contributed by atoms with Crippen LogP contribution in [0.1, 0.15) is 12.6 Å². The first-order valence-corrected chi connectivity index (χ1v) is 11.1. The highest BCUT2D eigenvalue weighted by Crippen LogP contribution is 2.42. The highest BCUT2D eigenvalue weighted by atomic mass is 16.5. The fourth-order valence-corrected chi connectivity index (χ4v) is 3.64.